The molecule has 0 aromatic carbocycles. The number of nitrogens with one attached hydrogen (secondary N) is 1. The predicted octanol–water partition coefficient (Wildman–Crippen LogP) is 2.95. The van der Waals surface area contributed by atoms with Crippen LogP contribution < -0.4 is 5.32 Å². The van der Waals surface area contributed by atoms with Crippen LogP contribution in [0.25, 0.3) is 0 Å². The molecule has 0 spiro atoms. The number of hydrogen-bond acceptors (Lipinski definition) is 2. The Morgan fingerprint density at radius 3 is 2.68 bits per heavy atom. The number of carbonyl (C=O) groups is 1. The number of nitrogens with zero attached hydrogens (tertiary/aromatic N) is 1. The molecule has 1 unspecified atom stereocenters. The lowest BCUT2D eigenvalue weighted by Gasteiger charge is -2.36. The third-order valence-electron chi connectivity index (χ3n) is 4.71. The highest BCUT2D eigenvalue weighted by atomic mass is 16.2. The van der Waals surface area contributed by atoms with Gasteiger partial charge in [-0.2, -0.15) is 0 Å². The van der Waals surface area contributed by atoms with Gasteiger partial charge in [0, 0.05) is 25.6 Å². The molecule has 1 amide bonds. The predicted molar refractivity (Wildman–Crippen MR) is 79.1 cm³/mol. The molecule has 1 N–H and O–H groups in total. The molecule has 110 valence electrons. The first-order valence-electron chi connectivity index (χ1n) is 8.32. The Hall–Kier alpha value is -0.570. The van der Waals surface area contributed by atoms with Gasteiger partial charge >= 0.3 is 0 Å². The van der Waals surface area contributed by atoms with Crippen LogP contribution in [0.2, 0.25) is 0 Å². The molecule has 1 atom stereocenters. The summed E-state index contributed by atoms with van der Waals surface area (Å²) in [6.45, 7) is 5.24. The average Bonchev–Trinajstić information content (AvgIpc) is 2.46. The summed E-state index contributed by atoms with van der Waals surface area (Å²) < 4.78 is 0. The topological polar surface area (TPSA) is 32.3 Å². The molecule has 1 saturated carbocycles. The molecule has 2 rings (SSSR count). The fourth-order valence-electron chi connectivity index (χ4n) is 3.54. The van der Waals surface area contributed by atoms with E-state index in [0.717, 1.165) is 38.4 Å². The molecule has 0 aromatic rings. The van der Waals surface area contributed by atoms with Gasteiger partial charge in [-0.3, -0.25) is 4.79 Å². The Bertz CT molecular complexity index is 274. The summed E-state index contributed by atoms with van der Waals surface area (Å²) in [5, 5.41) is 3.71. The summed E-state index contributed by atoms with van der Waals surface area (Å²) in [4.78, 5) is 14.1. The first kappa shape index (κ1) is 14.8. The van der Waals surface area contributed by atoms with Gasteiger partial charge in [0.2, 0.25) is 5.91 Å². The molecule has 3 nitrogen and oxygen atoms in total. The highest BCUT2D eigenvalue weighted by molar-refractivity contribution is 5.76. The van der Waals surface area contributed by atoms with Crippen LogP contribution in [-0.2, 0) is 4.79 Å². The molecular formula is C16H30N2O. The molecule has 19 heavy (non-hydrogen) atoms. The quantitative estimate of drug-likeness (QED) is 0.801. The van der Waals surface area contributed by atoms with Crippen LogP contribution >= 0.6 is 0 Å². The monoisotopic (exact) mass is 266 g/mol. The van der Waals surface area contributed by atoms with E-state index in [1.165, 1.54) is 44.9 Å². The SMILES string of the molecule is CCCNC(CN1CCCCC1=O)C1CCCCC1. The summed E-state index contributed by atoms with van der Waals surface area (Å²) in [7, 11) is 0. The minimum atomic E-state index is 0.380. The lowest BCUT2D eigenvalue weighted by Crippen LogP contribution is -2.49. The molecule has 1 saturated heterocycles. The molecule has 0 aromatic heterocycles. The molecule has 1 heterocycles. The van der Waals surface area contributed by atoms with E-state index in [1.807, 2.05) is 0 Å². The van der Waals surface area contributed by atoms with E-state index in [2.05, 4.69) is 17.1 Å². The zero-order valence-electron chi connectivity index (χ0n) is 12.5. The second-order valence-electron chi connectivity index (χ2n) is 6.26. The van der Waals surface area contributed by atoms with Gasteiger partial charge in [-0.1, -0.05) is 26.2 Å². The highest BCUT2D eigenvalue weighted by Gasteiger charge is 2.27. The van der Waals surface area contributed by atoms with Gasteiger partial charge in [0.25, 0.3) is 0 Å². The van der Waals surface area contributed by atoms with Crippen molar-refractivity contribution in [1.82, 2.24) is 10.2 Å². The van der Waals surface area contributed by atoms with Gasteiger partial charge in [-0.05, 0) is 44.6 Å². The highest BCUT2D eigenvalue weighted by Crippen LogP contribution is 2.27. The van der Waals surface area contributed by atoms with Crippen molar-refractivity contribution in [3.63, 3.8) is 0 Å². The summed E-state index contributed by atoms with van der Waals surface area (Å²) in [6.07, 6.45) is 11.1. The smallest absolute Gasteiger partial charge is 0.222 e. The average molecular weight is 266 g/mol. The third kappa shape index (κ3) is 4.48. The zero-order chi connectivity index (χ0) is 13.5. The van der Waals surface area contributed by atoms with E-state index < -0.39 is 0 Å². The molecule has 3 heteroatoms. The van der Waals surface area contributed by atoms with Crippen molar-refractivity contribution in [2.45, 2.75) is 70.8 Å². The minimum Gasteiger partial charge on any atom is -0.341 e. The van der Waals surface area contributed by atoms with Gasteiger partial charge in [-0.15, -0.1) is 0 Å². The lowest BCUT2D eigenvalue weighted by atomic mass is 9.83. The van der Waals surface area contributed by atoms with Crippen LogP contribution in [0.5, 0.6) is 0 Å². The fraction of sp³-hybridized carbons (Fsp3) is 0.938. The summed E-state index contributed by atoms with van der Waals surface area (Å²) >= 11 is 0. The van der Waals surface area contributed by atoms with E-state index in [4.69, 9.17) is 0 Å². The fourth-order valence-corrected chi connectivity index (χ4v) is 3.54. The lowest BCUT2D eigenvalue weighted by molar-refractivity contribution is -0.133. The standard InChI is InChI=1S/C16H30N2O/c1-2-11-17-15(14-8-4-3-5-9-14)13-18-12-7-6-10-16(18)19/h14-15,17H,2-13H2,1H3. The molecule has 0 bridgehead atoms. The second-order valence-corrected chi connectivity index (χ2v) is 6.26. The number of amides is 1. The van der Waals surface area contributed by atoms with Gasteiger partial charge < -0.3 is 10.2 Å². The maximum atomic E-state index is 12.0. The van der Waals surface area contributed by atoms with E-state index in [0.29, 0.717) is 11.9 Å². The maximum Gasteiger partial charge on any atom is 0.222 e. The third-order valence-corrected chi connectivity index (χ3v) is 4.71. The number of likely N-dealkylation sites (tertiary alicyclic amines) is 1. The van der Waals surface area contributed by atoms with Crippen molar-refractivity contribution in [2.24, 2.45) is 5.92 Å². The van der Waals surface area contributed by atoms with Crippen molar-refractivity contribution >= 4 is 5.91 Å². The molecule has 2 aliphatic rings. The van der Waals surface area contributed by atoms with E-state index in [1.54, 1.807) is 0 Å². The van der Waals surface area contributed by atoms with Gasteiger partial charge in [0.1, 0.15) is 0 Å². The Morgan fingerprint density at radius 1 is 1.21 bits per heavy atom. The normalized spacial score (nSPS) is 23.6. The number of hydrogen-bond donors (Lipinski definition) is 1. The van der Waals surface area contributed by atoms with E-state index in [9.17, 15) is 4.79 Å². The van der Waals surface area contributed by atoms with Crippen molar-refractivity contribution in [3.05, 3.63) is 0 Å². The molecule has 1 aliphatic heterocycles. The Kier molecular flexibility index (Phi) is 6.15. The van der Waals surface area contributed by atoms with Gasteiger partial charge in [0.15, 0.2) is 0 Å². The Balaban J connectivity index is 1.89. The van der Waals surface area contributed by atoms with Crippen LogP contribution in [0.1, 0.15) is 64.7 Å². The van der Waals surface area contributed by atoms with Crippen molar-refractivity contribution in [2.75, 3.05) is 19.6 Å². The Morgan fingerprint density at radius 2 is 2.00 bits per heavy atom. The molecule has 2 fully saturated rings. The van der Waals surface area contributed by atoms with Crippen molar-refractivity contribution in [3.8, 4) is 0 Å². The van der Waals surface area contributed by atoms with Crippen LogP contribution in [0, 0.1) is 5.92 Å². The number of carbonyl (C=O) groups excluding carboxylic acids is 1. The molecular weight excluding hydrogens is 236 g/mol. The Labute approximate surface area is 118 Å². The van der Waals surface area contributed by atoms with Crippen molar-refractivity contribution < 1.29 is 4.79 Å². The van der Waals surface area contributed by atoms with Crippen molar-refractivity contribution in [1.29, 1.82) is 0 Å². The summed E-state index contributed by atoms with van der Waals surface area (Å²) in [6, 6.07) is 0.530. The van der Waals surface area contributed by atoms with Crippen LogP contribution in [0.3, 0.4) is 0 Å². The maximum absolute atomic E-state index is 12.0. The minimum absolute atomic E-state index is 0.380. The number of piperidine rings is 1. The first-order valence-corrected chi connectivity index (χ1v) is 8.32. The largest absolute Gasteiger partial charge is 0.341 e. The first-order chi connectivity index (χ1) is 9.31. The second kappa shape index (κ2) is 7.88. The van der Waals surface area contributed by atoms with E-state index >= 15 is 0 Å². The number of rotatable bonds is 6. The van der Waals surface area contributed by atoms with Crippen LogP contribution in [0.15, 0.2) is 0 Å². The van der Waals surface area contributed by atoms with Gasteiger partial charge in [0.05, 0.1) is 0 Å². The van der Waals surface area contributed by atoms with Gasteiger partial charge in [-0.25, -0.2) is 0 Å². The van der Waals surface area contributed by atoms with E-state index in [-0.39, 0.29) is 0 Å². The van der Waals surface area contributed by atoms with Crippen LogP contribution in [0.4, 0.5) is 0 Å². The molecule has 1 aliphatic carbocycles. The zero-order valence-corrected chi connectivity index (χ0v) is 12.5. The summed E-state index contributed by atoms with van der Waals surface area (Å²) in [5.74, 6) is 1.17. The molecule has 0 radical (unpaired) electrons. The summed E-state index contributed by atoms with van der Waals surface area (Å²) in [5.41, 5.74) is 0. The van der Waals surface area contributed by atoms with Crippen LogP contribution in [-0.4, -0.2) is 36.5 Å².